The summed E-state index contributed by atoms with van der Waals surface area (Å²) in [6, 6.07) is 11.8. The Morgan fingerprint density at radius 3 is 2.69 bits per heavy atom. The standard InChI is InChI=1S/C20H21ClN4O5S2/c1-14(27)24(22-12-15-5-3-4-6-17(15)21)9-10-30-25(13-26)20-23-18-8-7-16(32(2,28)29)11-19(18)31-20/h3-8,11,13,22H,9-10,12H2,1-2H3. The van der Waals surface area contributed by atoms with Crippen LogP contribution in [0.4, 0.5) is 5.13 Å². The van der Waals surface area contributed by atoms with Gasteiger partial charge in [0.15, 0.2) is 9.84 Å². The normalized spacial score (nSPS) is 11.5. The molecule has 0 radical (unpaired) electrons. The number of aromatic nitrogens is 1. The highest BCUT2D eigenvalue weighted by molar-refractivity contribution is 7.90. The molecule has 0 fully saturated rings. The first-order valence-electron chi connectivity index (χ1n) is 9.42. The monoisotopic (exact) mass is 496 g/mol. The number of amides is 2. The lowest BCUT2D eigenvalue weighted by atomic mass is 10.2. The van der Waals surface area contributed by atoms with E-state index in [-0.39, 0.29) is 29.1 Å². The number of nitrogens with one attached hydrogen (secondary N) is 1. The molecule has 0 aliphatic rings. The van der Waals surface area contributed by atoms with Gasteiger partial charge in [0.25, 0.3) is 0 Å². The zero-order chi connectivity index (χ0) is 23.3. The van der Waals surface area contributed by atoms with Crippen LogP contribution in [0, 0.1) is 0 Å². The van der Waals surface area contributed by atoms with Gasteiger partial charge < -0.3 is 0 Å². The number of hydrogen-bond donors (Lipinski definition) is 1. The fraction of sp³-hybridized carbons (Fsp3) is 0.250. The van der Waals surface area contributed by atoms with Crippen LogP contribution in [0.1, 0.15) is 12.5 Å². The molecular formula is C20H21ClN4O5S2. The molecule has 12 heteroatoms. The van der Waals surface area contributed by atoms with Crippen LogP contribution in [0.15, 0.2) is 47.4 Å². The molecule has 9 nitrogen and oxygen atoms in total. The van der Waals surface area contributed by atoms with E-state index in [0.29, 0.717) is 28.2 Å². The van der Waals surface area contributed by atoms with Gasteiger partial charge in [0.2, 0.25) is 17.4 Å². The summed E-state index contributed by atoms with van der Waals surface area (Å²) in [6.45, 7) is 1.92. The van der Waals surface area contributed by atoms with Crippen molar-refractivity contribution in [2.45, 2.75) is 18.4 Å². The maximum Gasteiger partial charge on any atom is 0.240 e. The number of fused-ring (bicyclic) bond motifs is 1. The molecule has 32 heavy (non-hydrogen) atoms. The molecule has 1 aromatic heterocycles. The molecule has 2 amide bonds. The molecule has 2 aromatic carbocycles. The predicted octanol–water partition coefficient (Wildman–Crippen LogP) is 2.80. The number of carbonyl (C=O) groups is 2. The topological polar surface area (TPSA) is 109 Å². The van der Waals surface area contributed by atoms with Gasteiger partial charge in [-0.15, -0.1) is 0 Å². The van der Waals surface area contributed by atoms with E-state index >= 15 is 0 Å². The maximum atomic E-state index is 11.9. The highest BCUT2D eigenvalue weighted by Gasteiger charge is 2.16. The first-order valence-corrected chi connectivity index (χ1v) is 12.5. The summed E-state index contributed by atoms with van der Waals surface area (Å²) < 4.78 is 24.1. The lowest BCUT2D eigenvalue weighted by Crippen LogP contribution is -2.44. The number of hydrogen-bond acceptors (Lipinski definition) is 8. The Balaban J connectivity index is 1.63. The van der Waals surface area contributed by atoms with Crippen LogP contribution in [-0.4, -0.2) is 50.1 Å². The van der Waals surface area contributed by atoms with Gasteiger partial charge in [-0.1, -0.05) is 41.1 Å². The minimum atomic E-state index is -3.36. The van der Waals surface area contributed by atoms with E-state index in [9.17, 15) is 18.0 Å². The maximum absolute atomic E-state index is 11.9. The minimum absolute atomic E-state index is 0.0123. The van der Waals surface area contributed by atoms with E-state index in [1.54, 1.807) is 12.1 Å². The van der Waals surface area contributed by atoms with Crippen molar-refractivity contribution >= 4 is 60.4 Å². The van der Waals surface area contributed by atoms with Crippen molar-refractivity contribution in [2.24, 2.45) is 0 Å². The van der Waals surface area contributed by atoms with Crippen LogP contribution in [0.25, 0.3) is 10.2 Å². The molecule has 1 N–H and O–H groups in total. The largest absolute Gasteiger partial charge is 0.276 e. The second-order valence-corrected chi connectivity index (χ2v) is 10.2. The molecule has 0 aliphatic carbocycles. The Kier molecular flexibility index (Phi) is 7.80. The van der Waals surface area contributed by atoms with E-state index in [4.69, 9.17) is 16.4 Å². The van der Waals surface area contributed by atoms with Crippen molar-refractivity contribution in [3.63, 3.8) is 0 Å². The molecule has 0 saturated carbocycles. The molecule has 0 saturated heterocycles. The first-order chi connectivity index (χ1) is 15.2. The van der Waals surface area contributed by atoms with Gasteiger partial charge in [0.05, 0.1) is 28.3 Å². The van der Waals surface area contributed by atoms with Gasteiger partial charge >= 0.3 is 0 Å². The van der Waals surface area contributed by atoms with Crippen LogP contribution in [0.5, 0.6) is 0 Å². The first kappa shape index (κ1) is 24.1. The zero-order valence-corrected chi connectivity index (χ0v) is 19.7. The Bertz CT molecular complexity index is 1230. The molecule has 1 heterocycles. The SMILES string of the molecule is CC(=O)N(CCON(C=O)c1nc2ccc(S(C)(=O)=O)cc2s1)NCc1ccccc1Cl. The summed E-state index contributed by atoms with van der Waals surface area (Å²) in [5.74, 6) is -0.230. The van der Waals surface area contributed by atoms with Crippen molar-refractivity contribution in [1.29, 1.82) is 0 Å². The summed E-state index contributed by atoms with van der Waals surface area (Å²) in [7, 11) is -3.36. The fourth-order valence-corrected chi connectivity index (χ4v) is 4.60. The predicted molar refractivity (Wildman–Crippen MR) is 123 cm³/mol. The number of rotatable bonds is 10. The molecule has 3 aromatic rings. The molecule has 0 bridgehead atoms. The van der Waals surface area contributed by atoms with Gasteiger partial charge in [0.1, 0.15) is 0 Å². The molecule has 0 spiro atoms. The van der Waals surface area contributed by atoms with Crippen molar-refractivity contribution < 1.29 is 22.8 Å². The van der Waals surface area contributed by atoms with E-state index in [0.717, 1.165) is 28.2 Å². The number of thiazole rings is 1. The third-order valence-electron chi connectivity index (χ3n) is 4.40. The lowest BCUT2D eigenvalue weighted by molar-refractivity contribution is -0.133. The molecule has 0 aliphatic heterocycles. The molecule has 0 atom stereocenters. The third-order valence-corrected chi connectivity index (χ3v) is 6.88. The number of hydrazine groups is 1. The molecular weight excluding hydrogens is 476 g/mol. The Morgan fingerprint density at radius 2 is 2.03 bits per heavy atom. The molecule has 0 unspecified atom stereocenters. The second-order valence-electron chi connectivity index (χ2n) is 6.76. The van der Waals surface area contributed by atoms with E-state index in [2.05, 4.69) is 10.4 Å². The van der Waals surface area contributed by atoms with Crippen LogP contribution in [0.3, 0.4) is 0 Å². The number of carbonyl (C=O) groups excluding carboxylic acids is 2. The summed E-state index contributed by atoms with van der Waals surface area (Å²) in [6.07, 6.45) is 1.59. The summed E-state index contributed by atoms with van der Waals surface area (Å²) in [5, 5.41) is 3.15. The average molecular weight is 497 g/mol. The molecule has 3 rings (SSSR count). The minimum Gasteiger partial charge on any atom is -0.276 e. The van der Waals surface area contributed by atoms with Gasteiger partial charge in [-0.2, -0.15) is 5.06 Å². The van der Waals surface area contributed by atoms with Gasteiger partial charge in [-0.25, -0.2) is 18.8 Å². The smallest absolute Gasteiger partial charge is 0.240 e. The zero-order valence-electron chi connectivity index (χ0n) is 17.3. The van der Waals surface area contributed by atoms with E-state index in [1.165, 1.54) is 24.1 Å². The van der Waals surface area contributed by atoms with Crippen LogP contribution < -0.4 is 10.5 Å². The highest BCUT2D eigenvalue weighted by Crippen LogP contribution is 2.30. The summed E-state index contributed by atoms with van der Waals surface area (Å²) in [5.41, 5.74) is 4.37. The number of sulfone groups is 1. The van der Waals surface area contributed by atoms with Crippen molar-refractivity contribution in [3.8, 4) is 0 Å². The van der Waals surface area contributed by atoms with Gasteiger partial charge in [0, 0.05) is 24.7 Å². The number of halogens is 1. The number of anilines is 1. The Labute approximate surface area is 194 Å². The van der Waals surface area contributed by atoms with Crippen LogP contribution in [-0.2, 0) is 30.8 Å². The Morgan fingerprint density at radius 1 is 1.28 bits per heavy atom. The van der Waals surface area contributed by atoms with E-state index < -0.39 is 9.84 Å². The van der Waals surface area contributed by atoms with Crippen LogP contribution in [0.2, 0.25) is 5.02 Å². The Hall–Kier alpha value is -2.57. The van der Waals surface area contributed by atoms with Gasteiger partial charge in [-0.3, -0.25) is 19.4 Å². The summed E-state index contributed by atoms with van der Waals surface area (Å²) in [4.78, 5) is 33.4. The quantitative estimate of drug-likeness (QED) is 0.339. The number of benzene rings is 2. The fourth-order valence-electron chi connectivity index (χ4n) is 2.75. The van der Waals surface area contributed by atoms with Crippen LogP contribution >= 0.6 is 22.9 Å². The van der Waals surface area contributed by atoms with E-state index in [1.807, 2.05) is 18.2 Å². The van der Waals surface area contributed by atoms with Crippen molar-refractivity contribution in [2.75, 3.05) is 24.5 Å². The average Bonchev–Trinajstić information content (AvgIpc) is 3.16. The lowest BCUT2D eigenvalue weighted by Gasteiger charge is -2.23. The van der Waals surface area contributed by atoms with Crippen molar-refractivity contribution in [1.82, 2.24) is 15.4 Å². The second kappa shape index (κ2) is 10.4. The third kappa shape index (κ3) is 6.02. The summed E-state index contributed by atoms with van der Waals surface area (Å²) >= 11 is 7.25. The van der Waals surface area contributed by atoms with Gasteiger partial charge in [-0.05, 0) is 29.8 Å². The number of hydroxylamine groups is 1. The highest BCUT2D eigenvalue weighted by atomic mass is 35.5. The number of nitrogens with zero attached hydrogens (tertiary/aromatic N) is 3. The molecule has 170 valence electrons. The van der Waals surface area contributed by atoms with Crippen molar-refractivity contribution in [3.05, 3.63) is 53.1 Å².